The van der Waals surface area contributed by atoms with Crippen molar-refractivity contribution in [1.29, 1.82) is 0 Å². The molecule has 0 saturated heterocycles. The van der Waals surface area contributed by atoms with Gasteiger partial charge in [-0.3, -0.25) is 4.79 Å². The molecule has 1 nitrogen and oxygen atoms in total. The van der Waals surface area contributed by atoms with Gasteiger partial charge in [0.1, 0.15) is 0 Å². The number of Topliss-reactive ketones (excluding diaryl/α,β-unsaturated/α-hetero) is 1. The monoisotopic (exact) mass is 246 g/mol. The molecule has 0 fully saturated rings. The third-order valence-electron chi connectivity index (χ3n) is 3.04. The van der Waals surface area contributed by atoms with Crippen LogP contribution in [0.25, 0.3) is 0 Å². The van der Waals surface area contributed by atoms with E-state index in [2.05, 4.69) is 33.8 Å². The van der Waals surface area contributed by atoms with E-state index in [9.17, 15) is 4.79 Å². The molecule has 0 aromatic heterocycles. The molecule has 1 unspecified atom stereocenters. The van der Waals surface area contributed by atoms with Crippen molar-refractivity contribution in [2.45, 2.75) is 54.4 Å². The van der Waals surface area contributed by atoms with Gasteiger partial charge in [-0.05, 0) is 43.7 Å². The van der Waals surface area contributed by atoms with Crippen LogP contribution in [0, 0.1) is 25.2 Å². The molecule has 1 heteroatoms. The van der Waals surface area contributed by atoms with Crippen LogP contribution >= 0.6 is 0 Å². The number of rotatable bonds is 4. The van der Waals surface area contributed by atoms with Crippen LogP contribution in [0.4, 0.5) is 0 Å². The number of ketones is 1. The van der Waals surface area contributed by atoms with Crippen molar-refractivity contribution in [3.8, 4) is 0 Å². The number of carbonyl (C=O) groups excluding carboxylic acids is 1. The fourth-order valence-corrected chi connectivity index (χ4v) is 2.69. The Kier molecular flexibility index (Phi) is 4.72. The summed E-state index contributed by atoms with van der Waals surface area (Å²) in [7, 11) is 0. The Labute approximate surface area is 112 Å². The first kappa shape index (κ1) is 14.9. The first-order chi connectivity index (χ1) is 8.17. The van der Waals surface area contributed by atoms with Crippen LogP contribution in [-0.2, 0) is 0 Å². The van der Waals surface area contributed by atoms with E-state index in [0.717, 1.165) is 12.0 Å². The van der Waals surface area contributed by atoms with Crippen LogP contribution in [0.5, 0.6) is 0 Å². The van der Waals surface area contributed by atoms with Gasteiger partial charge in [0.2, 0.25) is 0 Å². The maximum Gasteiger partial charge on any atom is 0.163 e. The summed E-state index contributed by atoms with van der Waals surface area (Å²) < 4.78 is 0. The van der Waals surface area contributed by atoms with Crippen molar-refractivity contribution in [1.82, 2.24) is 0 Å². The normalized spacial score (nSPS) is 13.4. The van der Waals surface area contributed by atoms with Crippen molar-refractivity contribution in [2.24, 2.45) is 11.3 Å². The van der Waals surface area contributed by atoms with Gasteiger partial charge in [0.15, 0.2) is 5.78 Å². The highest BCUT2D eigenvalue weighted by atomic mass is 16.1. The molecule has 0 aliphatic carbocycles. The predicted molar refractivity (Wildman–Crippen MR) is 78.1 cm³/mol. The summed E-state index contributed by atoms with van der Waals surface area (Å²) in [6, 6.07) is 6.10. The molecule has 0 N–H and O–H groups in total. The first-order valence-corrected chi connectivity index (χ1v) is 6.79. The molecule has 100 valence electrons. The van der Waals surface area contributed by atoms with Gasteiger partial charge in [-0.15, -0.1) is 0 Å². The minimum atomic E-state index is 0.276. The van der Waals surface area contributed by atoms with Crippen LogP contribution in [0.1, 0.15) is 62.0 Å². The van der Waals surface area contributed by atoms with Crippen molar-refractivity contribution < 1.29 is 4.79 Å². The molecule has 0 bridgehead atoms. The fourth-order valence-electron chi connectivity index (χ4n) is 2.69. The molecule has 0 heterocycles. The molecule has 1 aromatic carbocycles. The molecular formula is C17H26O. The molecular weight excluding hydrogens is 220 g/mol. The Morgan fingerprint density at radius 3 is 2.06 bits per heavy atom. The number of carbonyl (C=O) groups is 1. The van der Waals surface area contributed by atoms with E-state index in [1.807, 2.05) is 26.0 Å². The summed E-state index contributed by atoms with van der Waals surface area (Å²) in [4.78, 5) is 12.2. The molecule has 0 saturated carbocycles. The average Bonchev–Trinajstić information content (AvgIpc) is 2.12. The maximum atomic E-state index is 12.2. The lowest BCUT2D eigenvalue weighted by atomic mass is 9.83. The lowest BCUT2D eigenvalue weighted by Crippen LogP contribution is -2.14. The van der Waals surface area contributed by atoms with E-state index < -0.39 is 0 Å². The zero-order chi connectivity index (χ0) is 13.9. The van der Waals surface area contributed by atoms with E-state index >= 15 is 0 Å². The van der Waals surface area contributed by atoms with Crippen LogP contribution in [0.3, 0.4) is 0 Å². The molecule has 1 aromatic rings. The molecule has 18 heavy (non-hydrogen) atoms. The molecule has 0 radical (unpaired) electrons. The predicted octanol–water partition coefficient (Wildman–Crippen LogP) is 4.95. The zero-order valence-corrected chi connectivity index (χ0v) is 12.6. The van der Waals surface area contributed by atoms with E-state index in [4.69, 9.17) is 0 Å². The van der Waals surface area contributed by atoms with E-state index in [-0.39, 0.29) is 5.78 Å². The fraction of sp³-hybridized carbons (Fsp3) is 0.588. The third-order valence-corrected chi connectivity index (χ3v) is 3.04. The van der Waals surface area contributed by atoms with Gasteiger partial charge in [0, 0.05) is 12.0 Å². The lowest BCUT2D eigenvalue weighted by molar-refractivity contribution is 0.0954. The Hall–Kier alpha value is -1.11. The molecule has 1 rings (SSSR count). The molecule has 0 aliphatic rings. The van der Waals surface area contributed by atoms with Gasteiger partial charge in [-0.25, -0.2) is 0 Å². The summed E-state index contributed by atoms with van der Waals surface area (Å²) in [5.74, 6) is 0.719. The van der Waals surface area contributed by atoms with E-state index in [1.165, 1.54) is 11.1 Å². The second-order valence-electron chi connectivity index (χ2n) is 6.87. The number of benzene rings is 1. The van der Waals surface area contributed by atoms with E-state index in [1.54, 1.807) is 0 Å². The molecule has 0 aliphatic heterocycles. The molecule has 0 amide bonds. The number of hydrogen-bond donors (Lipinski definition) is 0. The highest BCUT2D eigenvalue weighted by molar-refractivity contribution is 5.96. The topological polar surface area (TPSA) is 17.1 Å². The Morgan fingerprint density at radius 2 is 1.61 bits per heavy atom. The van der Waals surface area contributed by atoms with Crippen LogP contribution in [-0.4, -0.2) is 5.78 Å². The smallest absolute Gasteiger partial charge is 0.163 e. The second-order valence-corrected chi connectivity index (χ2v) is 6.87. The summed E-state index contributed by atoms with van der Waals surface area (Å²) in [5, 5.41) is 0. The maximum absolute atomic E-state index is 12.2. The SMILES string of the molecule is Cc1cc(C)cc(C(=O)CC(C)CC(C)(C)C)c1. The van der Waals surface area contributed by atoms with Crippen LogP contribution in [0.15, 0.2) is 18.2 Å². The standard InChI is InChI=1S/C17H26O/c1-12-7-13(2)9-15(8-12)16(18)10-14(3)11-17(4,5)6/h7-9,14H,10-11H2,1-6H3. The minimum absolute atomic E-state index is 0.276. The lowest BCUT2D eigenvalue weighted by Gasteiger charge is -2.22. The van der Waals surface area contributed by atoms with E-state index in [0.29, 0.717) is 17.8 Å². The third kappa shape index (κ3) is 5.03. The van der Waals surface area contributed by atoms with Crippen molar-refractivity contribution in [2.75, 3.05) is 0 Å². The zero-order valence-electron chi connectivity index (χ0n) is 12.6. The number of aryl methyl sites for hydroxylation is 2. The largest absolute Gasteiger partial charge is 0.294 e. The van der Waals surface area contributed by atoms with Crippen molar-refractivity contribution in [3.63, 3.8) is 0 Å². The van der Waals surface area contributed by atoms with Crippen molar-refractivity contribution in [3.05, 3.63) is 34.9 Å². The van der Waals surface area contributed by atoms with Gasteiger partial charge in [0.05, 0.1) is 0 Å². The minimum Gasteiger partial charge on any atom is -0.294 e. The number of hydrogen-bond acceptors (Lipinski definition) is 1. The summed E-state index contributed by atoms with van der Waals surface area (Å²) in [6.07, 6.45) is 1.74. The highest BCUT2D eigenvalue weighted by Crippen LogP contribution is 2.27. The van der Waals surface area contributed by atoms with Gasteiger partial charge in [-0.2, -0.15) is 0 Å². The average molecular weight is 246 g/mol. The first-order valence-electron chi connectivity index (χ1n) is 6.79. The highest BCUT2D eigenvalue weighted by Gasteiger charge is 2.18. The Bertz CT molecular complexity index is 403. The van der Waals surface area contributed by atoms with Gasteiger partial charge < -0.3 is 0 Å². The summed E-state index contributed by atoms with van der Waals surface area (Å²) >= 11 is 0. The van der Waals surface area contributed by atoms with Gasteiger partial charge in [-0.1, -0.05) is 44.9 Å². The summed E-state index contributed by atoms with van der Waals surface area (Å²) in [5.41, 5.74) is 3.50. The van der Waals surface area contributed by atoms with Gasteiger partial charge in [0.25, 0.3) is 0 Å². The Balaban J connectivity index is 2.70. The van der Waals surface area contributed by atoms with Crippen LogP contribution in [0.2, 0.25) is 0 Å². The summed E-state index contributed by atoms with van der Waals surface area (Å²) in [6.45, 7) is 12.9. The second kappa shape index (κ2) is 5.69. The quantitative estimate of drug-likeness (QED) is 0.687. The molecule has 1 atom stereocenters. The van der Waals surface area contributed by atoms with Gasteiger partial charge >= 0.3 is 0 Å². The Morgan fingerprint density at radius 1 is 1.11 bits per heavy atom. The molecule has 0 spiro atoms. The van der Waals surface area contributed by atoms with Crippen LogP contribution < -0.4 is 0 Å². The van der Waals surface area contributed by atoms with Crippen molar-refractivity contribution >= 4 is 5.78 Å².